The quantitative estimate of drug-likeness (QED) is 0.698. The van der Waals surface area contributed by atoms with Crippen LogP contribution in [0, 0.1) is 0 Å². The lowest BCUT2D eigenvalue weighted by atomic mass is 10.4. The van der Waals surface area contributed by atoms with E-state index >= 15 is 0 Å². The molecule has 0 unspecified atom stereocenters. The molecule has 5 heteroatoms. The second-order valence-corrected chi connectivity index (χ2v) is 2.68. The standard InChI is InChI=1S/C8H15NO4/c1-3-6-13-8(12)9(2)5-4-7(10)11/h3-6H2,1-2H3,(H,10,11). The molecule has 0 aliphatic carbocycles. The number of carbonyl (C=O) groups is 2. The molecule has 5 nitrogen and oxygen atoms in total. The summed E-state index contributed by atoms with van der Waals surface area (Å²) in [5, 5.41) is 8.34. The maximum absolute atomic E-state index is 11.0. The van der Waals surface area contributed by atoms with Crippen molar-refractivity contribution in [1.29, 1.82) is 0 Å². The van der Waals surface area contributed by atoms with Gasteiger partial charge in [-0.1, -0.05) is 6.92 Å². The molecule has 0 aliphatic heterocycles. The zero-order valence-corrected chi connectivity index (χ0v) is 7.95. The Hall–Kier alpha value is -1.26. The van der Waals surface area contributed by atoms with Gasteiger partial charge in [-0.15, -0.1) is 0 Å². The zero-order valence-electron chi connectivity index (χ0n) is 7.95. The molecule has 0 spiro atoms. The molecule has 0 bridgehead atoms. The first kappa shape index (κ1) is 11.7. The number of hydrogen-bond donors (Lipinski definition) is 1. The monoisotopic (exact) mass is 189 g/mol. The highest BCUT2D eigenvalue weighted by Crippen LogP contribution is 1.93. The van der Waals surface area contributed by atoms with Crippen molar-refractivity contribution >= 4 is 12.1 Å². The first-order valence-corrected chi connectivity index (χ1v) is 4.17. The van der Waals surface area contributed by atoms with Gasteiger partial charge < -0.3 is 14.7 Å². The van der Waals surface area contributed by atoms with Crippen molar-refractivity contribution in [1.82, 2.24) is 4.90 Å². The molecule has 0 rings (SSSR count). The number of nitrogens with zero attached hydrogens (tertiary/aromatic N) is 1. The minimum Gasteiger partial charge on any atom is -0.481 e. The smallest absolute Gasteiger partial charge is 0.409 e. The molecule has 1 amide bonds. The highest BCUT2D eigenvalue weighted by atomic mass is 16.6. The Morgan fingerprint density at radius 3 is 2.54 bits per heavy atom. The van der Waals surface area contributed by atoms with E-state index < -0.39 is 12.1 Å². The summed E-state index contributed by atoms with van der Waals surface area (Å²) in [5.74, 6) is -0.921. The molecular weight excluding hydrogens is 174 g/mol. The molecule has 0 saturated carbocycles. The zero-order chi connectivity index (χ0) is 10.3. The van der Waals surface area contributed by atoms with E-state index in [0.717, 1.165) is 6.42 Å². The van der Waals surface area contributed by atoms with E-state index in [1.165, 1.54) is 11.9 Å². The maximum atomic E-state index is 11.0. The molecule has 0 aromatic rings. The minimum absolute atomic E-state index is 0.0578. The molecule has 0 aromatic carbocycles. The number of carboxylic acid groups (broad SMARTS) is 1. The highest BCUT2D eigenvalue weighted by molar-refractivity contribution is 5.70. The Balaban J connectivity index is 3.62. The van der Waals surface area contributed by atoms with Crippen LogP contribution in [0.4, 0.5) is 4.79 Å². The van der Waals surface area contributed by atoms with Gasteiger partial charge in [0.2, 0.25) is 0 Å². The Labute approximate surface area is 77.3 Å². The van der Waals surface area contributed by atoms with Crippen LogP contribution in [0.1, 0.15) is 19.8 Å². The fourth-order valence-corrected chi connectivity index (χ4v) is 0.654. The number of carboxylic acids is 1. The Kier molecular flexibility index (Phi) is 5.67. The Bertz CT molecular complexity index is 181. The maximum Gasteiger partial charge on any atom is 0.409 e. The number of amides is 1. The van der Waals surface area contributed by atoms with Crippen LogP contribution in [-0.4, -0.2) is 42.3 Å². The molecule has 0 fully saturated rings. The Morgan fingerprint density at radius 1 is 1.46 bits per heavy atom. The number of carbonyl (C=O) groups excluding carboxylic acids is 1. The van der Waals surface area contributed by atoms with Crippen LogP contribution < -0.4 is 0 Å². The summed E-state index contributed by atoms with van der Waals surface area (Å²) in [5.41, 5.74) is 0. The van der Waals surface area contributed by atoms with Gasteiger partial charge in [0.25, 0.3) is 0 Å². The lowest BCUT2D eigenvalue weighted by Crippen LogP contribution is -2.29. The fraction of sp³-hybridized carbons (Fsp3) is 0.750. The van der Waals surface area contributed by atoms with Crippen LogP contribution in [0.15, 0.2) is 0 Å². The second kappa shape index (κ2) is 6.28. The van der Waals surface area contributed by atoms with Gasteiger partial charge in [-0.3, -0.25) is 4.79 Å². The fourth-order valence-electron chi connectivity index (χ4n) is 0.654. The summed E-state index contributed by atoms with van der Waals surface area (Å²) in [6.07, 6.45) is 0.235. The third-order valence-corrected chi connectivity index (χ3v) is 1.40. The van der Waals surface area contributed by atoms with Crippen molar-refractivity contribution < 1.29 is 19.4 Å². The van der Waals surface area contributed by atoms with Crippen LogP contribution in [0.2, 0.25) is 0 Å². The average molecular weight is 189 g/mol. The first-order chi connectivity index (χ1) is 6.07. The van der Waals surface area contributed by atoms with E-state index in [0.29, 0.717) is 6.61 Å². The molecular formula is C8H15NO4. The van der Waals surface area contributed by atoms with Gasteiger partial charge in [0, 0.05) is 13.6 Å². The van der Waals surface area contributed by atoms with Gasteiger partial charge in [-0.25, -0.2) is 4.79 Å². The Morgan fingerprint density at radius 2 is 2.08 bits per heavy atom. The normalized spacial score (nSPS) is 9.38. The molecule has 0 saturated heterocycles. The van der Waals surface area contributed by atoms with Gasteiger partial charge in [0.1, 0.15) is 0 Å². The van der Waals surface area contributed by atoms with E-state index in [9.17, 15) is 9.59 Å². The molecule has 0 atom stereocenters. The summed E-state index contributed by atoms with van der Waals surface area (Å²) in [6.45, 7) is 2.44. The van der Waals surface area contributed by atoms with Crippen molar-refractivity contribution in [2.75, 3.05) is 20.2 Å². The lowest BCUT2D eigenvalue weighted by Gasteiger charge is -2.15. The molecule has 0 aromatic heterocycles. The van der Waals surface area contributed by atoms with Gasteiger partial charge in [0.05, 0.1) is 13.0 Å². The molecule has 0 heterocycles. The second-order valence-electron chi connectivity index (χ2n) is 2.68. The van der Waals surface area contributed by atoms with Gasteiger partial charge in [0.15, 0.2) is 0 Å². The predicted octanol–water partition coefficient (Wildman–Crippen LogP) is 0.940. The molecule has 0 radical (unpaired) electrons. The van der Waals surface area contributed by atoms with Crippen molar-refractivity contribution in [2.45, 2.75) is 19.8 Å². The minimum atomic E-state index is -0.921. The van der Waals surface area contributed by atoms with Gasteiger partial charge in [-0.05, 0) is 6.42 Å². The number of hydrogen-bond acceptors (Lipinski definition) is 3. The molecule has 13 heavy (non-hydrogen) atoms. The van der Waals surface area contributed by atoms with Crippen molar-refractivity contribution in [2.24, 2.45) is 0 Å². The summed E-state index contributed by atoms with van der Waals surface area (Å²) in [4.78, 5) is 22.4. The number of rotatable bonds is 5. The largest absolute Gasteiger partial charge is 0.481 e. The third-order valence-electron chi connectivity index (χ3n) is 1.40. The van der Waals surface area contributed by atoms with Crippen LogP contribution >= 0.6 is 0 Å². The molecule has 76 valence electrons. The first-order valence-electron chi connectivity index (χ1n) is 4.17. The van der Waals surface area contributed by atoms with Crippen LogP contribution in [-0.2, 0) is 9.53 Å². The third kappa shape index (κ3) is 5.95. The molecule has 1 N–H and O–H groups in total. The van der Waals surface area contributed by atoms with E-state index in [-0.39, 0.29) is 13.0 Å². The van der Waals surface area contributed by atoms with Crippen molar-refractivity contribution in [3.05, 3.63) is 0 Å². The highest BCUT2D eigenvalue weighted by Gasteiger charge is 2.10. The van der Waals surface area contributed by atoms with Gasteiger partial charge in [-0.2, -0.15) is 0 Å². The summed E-state index contributed by atoms with van der Waals surface area (Å²) in [7, 11) is 1.51. The molecule has 0 aliphatic rings. The van der Waals surface area contributed by atoms with E-state index in [4.69, 9.17) is 9.84 Å². The summed E-state index contributed by atoms with van der Waals surface area (Å²) >= 11 is 0. The van der Waals surface area contributed by atoms with Crippen LogP contribution in [0.5, 0.6) is 0 Å². The predicted molar refractivity (Wildman–Crippen MR) is 46.5 cm³/mol. The number of ether oxygens (including phenoxy) is 1. The lowest BCUT2D eigenvalue weighted by molar-refractivity contribution is -0.137. The van der Waals surface area contributed by atoms with E-state index in [2.05, 4.69) is 0 Å². The number of aliphatic carboxylic acids is 1. The SMILES string of the molecule is CCCOC(=O)N(C)CCC(=O)O. The van der Waals surface area contributed by atoms with Gasteiger partial charge >= 0.3 is 12.1 Å². The van der Waals surface area contributed by atoms with Crippen molar-refractivity contribution in [3.63, 3.8) is 0 Å². The summed E-state index contributed by atoms with van der Waals surface area (Å²) in [6, 6.07) is 0. The van der Waals surface area contributed by atoms with E-state index in [1.54, 1.807) is 0 Å². The summed E-state index contributed by atoms with van der Waals surface area (Å²) < 4.78 is 4.78. The van der Waals surface area contributed by atoms with Crippen LogP contribution in [0.25, 0.3) is 0 Å². The van der Waals surface area contributed by atoms with E-state index in [1.807, 2.05) is 6.92 Å². The van der Waals surface area contributed by atoms with Crippen molar-refractivity contribution in [3.8, 4) is 0 Å². The average Bonchev–Trinajstić information content (AvgIpc) is 2.10. The van der Waals surface area contributed by atoms with Crippen LogP contribution in [0.3, 0.4) is 0 Å². The topological polar surface area (TPSA) is 66.8 Å².